The topological polar surface area (TPSA) is 89.4 Å². The van der Waals surface area contributed by atoms with Gasteiger partial charge in [0.15, 0.2) is 0 Å². The Bertz CT molecular complexity index is 1260. The fourth-order valence-electron chi connectivity index (χ4n) is 3.52. The van der Waals surface area contributed by atoms with Crippen LogP contribution in [0.2, 0.25) is 0 Å². The summed E-state index contributed by atoms with van der Waals surface area (Å²) in [7, 11) is 0. The molecule has 4 aromatic rings. The van der Waals surface area contributed by atoms with Crippen molar-refractivity contribution < 1.29 is 9.21 Å². The number of rotatable bonds is 6. The minimum atomic E-state index is -0.258. The van der Waals surface area contributed by atoms with Gasteiger partial charge in [-0.15, -0.1) is 16.4 Å². The van der Waals surface area contributed by atoms with Crippen molar-refractivity contribution in [1.29, 1.82) is 0 Å². The molecule has 1 atom stereocenters. The second kappa shape index (κ2) is 8.71. The molecule has 5 rings (SSSR count). The molecule has 10 heteroatoms. The smallest absolute Gasteiger partial charge is 0.253 e. The highest BCUT2D eigenvalue weighted by Gasteiger charge is 2.35. The lowest BCUT2D eigenvalue weighted by atomic mass is 10.1. The number of thioether (sulfide) groups is 1. The van der Waals surface area contributed by atoms with Crippen LogP contribution in [0.25, 0.3) is 5.69 Å². The SMILES string of the molecule is Cc1ccc(-n2nnnc2SCC(=O)N2N=C(c3cccs3)CC2c2ccco2)cc1C. The fourth-order valence-corrected chi connectivity index (χ4v) is 4.98. The Labute approximate surface area is 192 Å². The van der Waals surface area contributed by atoms with Gasteiger partial charge in [-0.1, -0.05) is 23.9 Å². The number of aromatic nitrogens is 4. The van der Waals surface area contributed by atoms with Crippen LogP contribution in [-0.2, 0) is 4.79 Å². The first-order valence-electron chi connectivity index (χ1n) is 10.1. The maximum Gasteiger partial charge on any atom is 0.253 e. The number of thiophene rings is 1. The minimum Gasteiger partial charge on any atom is -0.467 e. The number of aryl methyl sites for hydroxylation is 2. The van der Waals surface area contributed by atoms with Gasteiger partial charge in [0.25, 0.3) is 5.91 Å². The highest BCUT2D eigenvalue weighted by atomic mass is 32.2. The molecule has 0 saturated carbocycles. The lowest BCUT2D eigenvalue weighted by molar-refractivity contribution is -0.130. The van der Waals surface area contributed by atoms with Gasteiger partial charge in [-0.3, -0.25) is 4.79 Å². The molecule has 1 aromatic carbocycles. The number of hydrogen-bond acceptors (Lipinski definition) is 8. The molecule has 0 bridgehead atoms. The van der Waals surface area contributed by atoms with Gasteiger partial charge in [0.2, 0.25) is 5.16 Å². The van der Waals surface area contributed by atoms with E-state index in [0.717, 1.165) is 27.6 Å². The van der Waals surface area contributed by atoms with Crippen LogP contribution in [-0.4, -0.2) is 42.6 Å². The van der Waals surface area contributed by atoms with E-state index in [4.69, 9.17) is 4.42 Å². The summed E-state index contributed by atoms with van der Waals surface area (Å²) in [5, 5.41) is 20.8. The van der Waals surface area contributed by atoms with Crippen molar-refractivity contribution in [1.82, 2.24) is 25.2 Å². The molecule has 3 aromatic heterocycles. The molecular formula is C22H20N6O2S2. The highest BCUT2D eigenvalue weighted by molar-refractivity contribution is 7.99. The standard InChI is InChI=1S/C22H20N6O2S2/c1-14-7-8-16(11-15(14)2)27-22(23-25-26-27)32-13-21(29)28-18(19-5-3-9-30-19)12-17(24-28)20-6-4-10-31-20/h3-11,18H,12-13H2,1-2H3. The van der Waals surface area contributed by atoms with E-state index in [0.29, 0.717) is 11.6 Å². The Kier molecular flexibility index (Phi) is 5.62. The van der Waals surface area contributed by atoms with Gasteiger partial charge in [-0.05, 0) is 71.1 Å². The second-order valence-corrected chi connectivity index (χ2v) is 9.32. The molecule has 32 heavy (non-hydrogen) atoms. The summed E-state index contributed by atoms with van der Waals surface area (Å²) in [5.41, 5.74) is 4.10. The van der Waals surface area contributed by atoms with Crippen molar-refractivity contribution in [2.45, 2.75) is 31.5 Å². The summed E-state index contributed by atoms with van der Waals surface area (Å²) >= 11 is 2.90. The van der Waals surface area contributed by atoms with Crippen LogP contribution in [0, 0.1) is 13.8 Å². The number of hydrazone groups is 1. The monoisotopic (exact) mass is 464 g/mol. The third-order valence-corrected chi connectivity index (χ3v) is 7.17. The zero-order chi connectivity index (χ0) is 22.1. The van der Waals surface area contributed by atoms with Crippen LogP contribution in [0.4, 0.5) is 0 Å². The summed E-state index contributed by atoms with van der Waals surface area (Å²) in [6.45, 7) is 4.11. The van der Waals surface area contributed by atoms with Crippen molar-refractivity contribution in [3.05, 3.63) is 75.9 Å². The number of nitrogens with zero attached hydrogens (tertiary/aromatic N) is 6. The Morgan fingerprint density at radius 3 is 2.88 bits per heavy atom. The molecule has 1 amide bonds. The summed E-state index contributed by atoms with van der Waals surface area (Å²) in [5.74, 6) is 0.750. The van der Waals surface area contributed by atoms with Crippen LogP contribution in [0.1, 0.15) is 34.2 Å². The molecule has 1 aliphatic rings. The van der Waals surface area contributed by atoms with Gasteiger partial charge < -0.3 is 4.42 Å². The normalized spacial score (nSPS) is 15.9. The molecule has 4 heterocycles. The quantitative estimate of drug-likeness (QED) is 0.393. The minimum absolute atomic E-state index is 0.127. The van der Waals surface area contributed by atoms with Gasteiger partial charge in [-0.25, -0.2) is 5.01 Å². The zero-order valence-electron chi connectivity index (χ0n) is 17.5. The summed E-state index contributed by atoms with van der Waals surface area (Å²) in [6.07, 6.45) is 2.23. The summed E-state index contributed by atoms with van der Waals surface area (Å²) < 4.78 is 7.26. The molecule has 1 unspecified atom stereocenters. The first-order valence-corrected chi connectivity index (χ1v) is 11.9. The van der Waals surface area contributed by atoms with Gasteiger partial charge in [-0.2, -0.15) is 9.78 Å². The Hall–Kier alpha value is -3.24. The number of benzene rings is 1. The fraction of sp³-hybridized carbons (Fsp3) is 0.227. The van der Waals surface area contributed by atoms with Crippen molar-refractivity contribution in [3.8, 4) is 5.69 Å². The molecule has 0 radical (unpaired) electrons. The number of furan rings is 1. The van der Waals surface area contributed by atoms with E-state index in [1.807, 2.05) is 54.8 Å². The van der Waals surface area contributed by atoms with E-state index in [2.05, 4.69) is 27.6 Å². The average molecular weight is 465 g/mol. The number of carbonyl (C=O) groups excluding carboxylic acids is 1. The van der Waals surface area contributed by atoms with Crippen LogP contribution in [0.5, 0.6) is 0 Å². The number of amides is 1. The van der Waals surface area contributed by atoms with E-state index in [1.54, 1.807) is 22.3 Å². The van der Waals surface area contributed by atoms with E-state index in [1.165, 1.54) is 22.3 Å². The molecule has 8 nitrogen and oxygen atoms in total. The first-order chi connectivity index (χ1) is 15.6. The van der Waals surface area contributed by atoms with Gasteiger partial charge in [0.1, 0.15) is 11.8 Å². The molecule has 0 aliphatic carbocycles. The summed E-state index contributed by atoms with van der Waals surface area (Å²) in [4.78, 5) is 14.2. The van der Waals surface area contributed by atoms with Crippen LogP contribution in [0.15, 0.2) is 68.8 Å². The lowest BCUT2D eigenvalue weighted by Gasteiger charge is -2.19. The first kappa shape index (κ1) is 20.7. The Balaban J connectivity index is 1.35. The maximum atomic E-state index is 13.2. The van der Waals surface area contributed by atoms with Gasteiger partial charge in [0.05, 0.1) is 28.3 Å². The van der Waals surface area contributed by atoms with E-state index in [-0.39, 0.29) is 17.7 Å². The molecule has 162 valence electrons. The lowest BCUT2D eigenvalue weighted by Crippen LogP contribution is -2.28. The van der Waals surface area contributed by atoms with Crippen LogP contribution >= 0.6 is 23.1 Å². The van der Waals surface area contributed by atoms with Crippen LogP contribution in [0.3, 0.4) is 0 Å². The third-order valence-electron chi connectivity index (χ3n) is 5.34. The zero-order valence-corrected chi connectivity index (χ0v) is 19.1. The Morgan fingerprint density at radius 1 is 1.22 bits per heavy atom. The molecular weight excluding hydrogens is 444 g/mol. The van der Waals surface area contributed by atoms with Crippen molar-refractivity contribution in [3.63, 3.8) is 0 Å². The molecule has 1 aliphatic heterocycles. The third kappa shape index (κ3) is 3.98. The van der Waals surface area contributed by atoms with Crippen LogP contribution < -0.4 is 0 Å². The average Bonchev–Trinajstić information content (AvgIpc) is 3.60. The predicted molar refractivity (Wildman–Crippen MR) is 123 cm³/mol. The number of tetrazole rings is 1. The largest absolute Gasteiger partial charge is 0.467 e. The van der Waals surface area contributed by atoms with Crippen molar-refractivity contribution in [2.24, 2.45) is 5.10 Å². The second-order valence-electron chi connectivity index (χ2n) is 7.43. The van der Waals surface area contributed by atoms with Crippen molar-refractivity contribution in [2.75, 3.05) is 5.75 Å². The summed E-state index contributed by atoms with van der Waals surface area (Å²) in [6, 6.07) is 13.5. The van der Waals surface area contributed by atoms with Gasteiger partial charge >= 0.3 is 0 Å². The Morgan fingerprint density at radius 2 is 2.12 bits per heavy atom. The van der Waals surface area contributed by atoms with Gasteiger partial charge in [0, 0.05) is 6.42 Å². The van der Waals surface area contributed by atoms with Crippen molar-refractivity contribution >= 4 is 34.7 Å². The van der Waals surface area contributed by atoms with E-state index >= 15 is 0 Å². The number of hydrogen-bond donors (Lipinski definition) is 0. The molecule has 0 spiro atoms. The molecule has 0 saturated heterocycles. The highest BCUT2D eigenvalue weighted by Crippen LogP contribution is 2.34. The molecule has 0 fully saturated rings. The van der Waals surface area contributed by atoms with E-state index < -0.39 is 0 Å². The van der Waals surface area contributed by atoms with E-state index in [9.17, 15) is 4.79 Å². The predicted octanol–water partition coefficient (Wildman–Crippen LogP) is 4.40. The molecule has 0 N–H and O–H groups in total. The number of carbonyl (C=O) groups is 1. The maximum absolute atomic E-state index is 13.2.